The van der Waals surface area contributed by atoms with Gasteiger partial charge in [0, 0.05) is 24.5 Å². The van der Waals surface area contributed by atoms with Gasteiger partial charge in [0.25, 0.3) is 5.91 Å². The Labute approximate surface area is 157 Å². The first kappa shape index (κ1) is 18.7. The number of pyridine rings is 1. The number of nitrogens with zero attached hydrogens (tertiary/aromatic N) is 2. The average Bonchev–Trinajstić information content (AvgIpc) is 2.59. The Kier molecular flexibility index (Phi) is 5.22. The van der Waals surface area contributed by atoms with E-state index < -0.39 is 0 Å². The molecule has 2 atom stereocenters. The molecule has 26 heavy (non-hydrogen) atoms. The monoisotopic (exact) mass is 353 g/mol. The molecule has 2 aromatic rings. The van der Waals surface area contributed by atoms with E-state index in [1.807, 2.05) is 30.3 Å². The minimum absolute atomic E-state index is 0.0164. The maximum atomic E-state index is 13.1. The van der Waals surface area contributed by atoms with Crippen LogP contribution in [0.5, 0.6) is 0 Å². The standard InChI is InChI=1S/C22H31N3O/c1-15-9-8-12-25(14-15)20-13-18(17-10-6-7-11-19(17)24-20)21(26)23-16(2)22(3,4)5/h6-7,10-11,13,15-16H,8-9,12,14H2,1-5H3,(H,23,26)/t15-,16+/m0/s1. The molecule has 1 aromatic heterocycles. The molecule has 1 aromatic carbocycles. The summed E-state index contributed by atoms with van der Waals surface area (Å²) in [5.74, 6) is 1.57. The summed E-state index contributed by atoms with van der Waals surface area (Å²) in [6, 6.07) is 10.00. The molecule has 1 fully saturated rings. The summed E-state index contributed by atoms with van der Waals surface area (Å²) in [7, 11) is 0. The van der Waals surface area contributed by atoms with Gasteiger partial charge in [0.05, 0.1) is 11.1 Å². The third-order valence-electron chi connectivity index (χ3n) is 5.57. The van der Waals surface area contributed by atoms with Gasteiger partial charge < -0.3 is 10.2 Å². The number of nitrogens with one attached hydrogen (secondary N) is 1. The first-order valence-electron chi connectivity index (χ1n) is 9.71. The Bertz CT molecular complexity index is 794. The molecule has 4 heteroatoms. The first-order chi connectivity index (χ1) is 12.3. The van der Waals surface area contributed by atoms with Crippen LogP contribution in [-0.2, 0) is 0 Å². The first-order valence-corrected chi connectivity index (χ1v) is 9.71. The summed E-state index contributed by atoms with van der Waals surface area (Å²) in [5, 5.41) is 4.10. The van der Waals surface area contributed by atoms with Crippen LogP contribution in [-0.4, -0.2) is 30.0 Å². The summed E-state index contributed by atoms with van der Waals surface area (Å²) in [6.45, 7) is 12.8. The van der Waals surface area contributed by atoms with Crippen molar-refractivity contribution in [1.29, 1.82) is 0 Å². The van der Waals surface area contributed by atoms with Crippen molar-refractivity contribution in [2.75, 3.05) is 18.0 Å². The van der Waals surface area contributed by atoms with Crippen molar-refractivity contribution in [3.63, 3.8) is 0 Å². The van der Waals surface area contributed by atoms with E-state index in [0.717, 1.165) is 35.4 Å². The number of anilines is 1. The summed E-state index contributed by atoms with van der Waals surface area (Å²) in [4.78, 5) is 20.2. The highest BCUT2D eigenvalue weighted by Crippen LogP contribution is 2.27. The minimum Gasteiger partial charge on any atom is -0.356 e. The van der Waals surface area contributed by atoms with E-state index in [1.165, 1.54) is 12.8 Å². The van der Waals surface area contributed by atoms with E-state index in [2.05, 4.69) is 44.8 Å². The van der Waals surface area contributed by atoms with Gasteiger partial charge in [-0.1, -0.05) is 45.9 Å². The lowest BCUT2D eigenvalue weighted by Gasteiger charge is -2.32. The second-order valence-corrected chi connectivity index (χ2v) is 8.80. The fraction of sp³-hybridized carbons (Fsp3) is 0.545. The molecule has 0 unspecified atom stereocenters. The lowest BCUT2D eigenvalue weighted by atomic mass is 9.88. The number of amides is 1. The Morgan fingerprint density at radius 1 is 1.31 bits per heavy atom. The van der Waals surface area contributed by atoms with Crippen LogP contribution < -0.4 is 10.2 Å². The maximum Gasteiger partial charge on any atom is 0.252 e. The van der Waals surface area contributed by atoms with Gasteiger partial charge in [-0.2, -0.15) is 0 Å². The van der Waals surface area contributed by atoms with Gasteiger partial charge in [-0.25, -0.2) is 4.98 Å². The number of carbonyl (C=O) groups is 1. The number of fused-ring (bicyclic) bond motifs is 1. The number of rotatable bonds is 3. The predicted octanol–water partition coefficient (Wildman–Crippen LogP) is 4.64. The molecule has 1 amide bonds. The average molecular weight is 354 g/mol. The number of hydrogen-bond donors (Lipinski definition) is 1. The summed E-state index contributed by atoms with van der Waals surface area (Å²) in [5.41, 5.74) is 1.63. The van der Waals surface area contributed by atoms with Crippen LogP contribution in [0.15, 0.2) is 30.3 Å². The van der Waals surface area contributed by atoms with Crippen molar-refractivity contribution in [2.45, 2.75) is 53.5 Å². The molecule has 140 valence electrons. The van der Waals surface area contributed by atoms with Crippen molar-refractivity contribution >= 4 is 22.6 Å². The molecule has 0 radical (unpaired) electrons. The van der Waals surface area contributed by atoms with E-state index in [9.17, 15) is 4.79 Å². The fourth-order valence-corrected chi connectivity index (χ4v) is 3.40. The number of para-hydroxylation sites is 1. The summed E-state index contributed by atoms with van der Waals surface area (Å²) in [6.07, 6.45) is 2.44. The molecule has 1 aliphatic heterocycles. The number of carbonyl (C=O) groups excluding carboxylic acids is 1. The lowest BCUT2D eigenvalue weighted by molar-refractivity contribution is 0.0912. The van der Waals surface area contributed by atoms with Gasteiger partial charge in [-0.15, -0.1) is 0 Å². The lowest BCUT2D eigenvalue weighted by Crippen LogP contribution is -2.41. The highest BCUT2D eigenvalue weighted by molar-refractivity contribution is 6.07. The highest BCUT2D eigenvalue weighted by atomic mass is 16.1. The highest BCUT2D eigenvalue weighted by Gasteiger charge is 2.24. The molecule has 2 heterocycles. The van der Waals surface area contributed by atoms with Gasteiger partial charge in [0.15, 0.2) is 0 Å². The molecule has 0 spiro atoms. The number of aromatic nitrogens is 1. The van der Waals surface area contributed by atoms with Gasteiger partial charge in [0.1, 0.15) is 5.82 Å². The van der Waals surface area contributed by atoms with E-state index >= 15 is 0 Å². The van der Waals surface area contributed by atoms with Crippen molar-refractivity contribution in [3.05, 3.63) is 35.9 Å². The topological polar surface area (TPSA) is 45.2 Å². The third kappa shape index (κ3) is 4.00. The number of hydrogen-bond acceptors (Lipinski definition) is 3. The van der Waals surface area contributed by atoms with E-state index in [4.69, 9.17) is 4.98 Å². The van der Waals surface area contributed by atoms with Crippen molar-refractivity contribution in [2.24, 2.45) is 11.3 Å². The van der Waals surface area contributed by atoms with Crippen LogP contribution in [0.25, 0.3) is 10.9 Å². The second kappa shape index (κ2) is 7.26. The van der Waals surface area contributed by atoms with Crippen molar-refractivity contribution in [1.82, 2.24) is 10.3 Å². The van der Waals surface area contributed by atoms with E-state index in [0.29, 0.717) is 5.92 Å². The third-order valence-corrected chi connectivity index (χ3v) is 5.57. The van der Waals surface area contributed by atoms with Crippen LogP contribution >= 0.6 is 0 Å². The quantitative estimate of drug-likeness (QED) is 0.874. The molecule has 1 aliphatic rings. The summed E-state index contributed by atoms with van der Waals surface area (Å²) >= 11 is 0. The number of benzene rings is 1. The smallest absolute Gasteiger partial charge is 0.252 e. The molecule has 0 saturated carbocycles. The molecule has 0 bridgehead atoms. The molecule has 3 rings (SSSR count). The van der Waals surface area contributed by atoms with Crippen LogP contribution in [0.3, 0.4) is 0 Å². The molecule has 0 aliphatic carbocycles. The maximum absolute atomic E-state index is 13.1. The van der Waals surface area contributed by atoms with Gasteiger partial charge in [-0.05, 0) is 43.2 Å². The molecule has 4 nitrogen and oxygen atoms in total. The summed E-state index contributed by atoms with van der Waals surface area (Å²) < 4.78 is 0. The Morgan fingerprint density at radius 2 is 2.04 bits per heavy atom. The van der Waals surface area contributed by atoms with Crippen molar-refractivity contribution in [3.8, 4) is 0 Å². The van der Waals surface area contributed by atoms with Crippen LogP contribution in [0.1, 0.15) is 57.8 Å². The zero-order valence-corrected chi connectivity index (χ0v) is 16.7. The van der Waals surface area contributed by atoms with Crippen LogP contribution in [0, 0.1) is 11.3 Å². The Morgan fingerprint density at radius 3 is 2.73 bits per heavy atom. The minimum atomic E-state index is -0.0164. The fourth-order valence-electron chi connectivity index (χ4n) is 3.40. The second-order valence-electron chi connectivity index (χ2n) is 8.80. The zero-order valence-electron chi connectivity index (χ0n) is 16.7. The van der Waals surface area contributed by atoms with Crippen molar-refractivity contribution < 1.29 is 4.79 Å². The van der Waals surface area contributed by atoms with Crippen LogP contribution in [0.4, 0.5) is 5.82 Å². The molecule has 1 N–H and O–H groups in total. The molecule has 1 saturated heterocycles. The van der Waals surface area contributed by atoms with E-state index in [1.54, 1.807) is 0 Å². The Balaban J connectivity index is 1.99. The SMILES string of the molecule is C[C@H]1CCCN(c2cc(C(=O)N[C@H](C)C(C)(C)C)c3ccccc3n2)C1. The normalized spacial score (nSPS) is 19.4. The molecular formula is C22H31N3O. The van der Waals surface area contributed by atoms with Gasteiger partial charge in [-0.3, -0.25) is 4.79 Å². The molecular weight excluding hydrogens is 322 g/mol. The van der Waals surface area contributed by atoms with Gasteiger partial charge >= 0.3 is 0 Å². The van der Waals surface area contributed by atoms with E-state index in [-0.39, 0.29) is 17.4 Å². The largest absolute Gasteiger partial charge is 0.356 e. The van der Waals surface area contributed by atoms with Gasteiger partial charge in [0.2, 0.25) is 0 Å². The predicted molar refractivity (Wildman–Crippen MR) is 109 cm³/mol. The van der Waals surface area contributed by atoms with Crippen LogP contribution in [0.2, 0.25) is 0 Å². The number of piperidine rings is 1. The Hall–Kier alpha value is -2.10. The zero-order chi connectivity index (χ0) is 18.9.